The van der Waals surface area contributed by atoms with Crippen LogP contribution in [0.25, 0.3) is 0 Å². The number of benzene rings is 1. The Hall–Kier alpha value is -0.950. The number of rotatable bonds is 7. The van der Waals surface area contributed by atoms with Gasteiger partial charge in [-0.3, -0.25) is 0 Å². The molecule has 1 unspecified atom stereocenters. The van der Waals surface area contributed by atoms with Gasteiger partial charge in [0.05, 0.1) is 17.6 Å². The fourth-order valence-corrected chi connectivity index (χ4v) is 2.54. The number of aliphatic hydroxyl groups is 1. The van der Waals surface area contributed by atoms with Gasteiger partial charge in [0.25, 0.3) is 0 Å². The van der Waals surface area contributed by atoms with Crippen molar-refractivity contribution in [2.24, 2.45) is 0 Å². The molecule has 2 N–H and O–H groups in total. The first kappa shape index (κ1) is 15.1. The molecule has 0 aromatic heterocycles. The van der Waals surface area contributed by atoms with Gasteiger partial charge >= 0.3 is 0 Å². The molecule has 1 aromatic carbocycles. The van der Waals surface area contributed by atoms with Crippen molar-refractivity contribution in [1.29, 1.82) is 0 Å². The largest absolute Gasteiger partial charge is 0.392 e. The minimum Gasteiger partial charge on any atom is -0.392 e. The highest BCUT2D eigenvalue weighted by atomic mass is 32.2. The normalized spacial score (nSPS) is 13.5. The summed E-state index contributed by atoms with van der Waals surface area (Å²) >= 11 is 0. The van der Waals surface area contributed by atoms with Crippen molar-refractivity contribution in [3.8, 4) is 0 Å². The van der Waals surface area contributed by atoms with Crippen LogP contribution in [0.3, 0.4) is 0 Å². The molecule has 0 saturated carbocycles. The van der Waals surface area contributed by atoms with Crippen molar-refractivity contribution in [3.05, 3.63) is 29.8 Å². The number of hydrogen-bond acceptors (Lipinski definition) is 4. The van der Waals surface area contributed by atoms with Crippen molar-refractivity contribution in [2.75, 3.05) is 13.2 Å². The number of aliphatic hydroxyl groups excluding tert-OH is 1. The van der Waals surface area contributed by atoms with E-state index in [9.17, 15) is 8.42 Å². The maximum absolute atomic E-state index is 11.9. The number of ether oxygens (including phenoxy) is 1. The summed E-state index contributed by atoms with van der Waals surface area (Å²) in [5, 5.41) is 8.88. The van der Waals surface area contributed by atoms with E-state index in [1.807, 2.05) is 6.92 Å². The average Bonchev–Trinajstić information content (AvgIpc) is 2.37. The lowest BCUT2D eigenvalue weighted by molar-refractivity contribution is 0.0799. The summed E-state index contributed by atoms with van der Waals surface area (Å²) in [6, 6.07) is 6.11. The molecule has 0 spiro atoms. The summed E-state index contributed by atoms with van der Waals surface area (Å²) < 4.78 is 31.6. The first-order valence-corrected chi connectivity index (χ1v) is 7.29. The van der Waals surface area contributed by atoms with Crippen LogP contribution in [0.5, 0.6) is 0 Å². The topological polar surface area (TPSA) is 75.6 Å². The molecule has 1 rings (SSSR count). The van der Waals surface area contributed by atoms with E-state index in [0.717, 1.165) is 0 Å². The average molecular weight is 273 g/mol. The van der Waals surface area contributed by atoms with Crippen LogP contribution in [0.4, 0.5) is 0 Å². The molecule has 1 aromatic rings. The summed E-state index contributed by atoms with van der Waals surface area (Å²) in [4.78, 5) is 0.184. The van der Waals surface area contributed by atoms with Gasteiger partial charge in [0.15, 0.2) is 0 Å². The zero-order valence-electron chi connectivity index (χ0n) is 10.6. The van der Waals surface area contributed by atoms with E-state index in [4.69, 9.17) is 9.84 Å². The molecular weight excluding hydrogens is 254 g/mol. The molecule has 18 heavy (non-hydrogen) atoms. The highest BCUT2D eigenvalue weighted by Gasteiger charge is 2.14. The molecule has 1 atom stereocenters. The fourth-order valence-electron chi connectivity index (χ4n) is 1.43. The van der Waals surface area contributed by atoms with Crippen LogP contribution >= 0.6 is 0 Å². The van der Waals surface area contributed by atoms with E-state index < -0.39 is 10.0 Å². The van der Waals surface area contributed by atoms with Crippen LogP contribution in [0.2, 0.25) is 0 Å². The van der Waals surface area contributed by atoms with Gasteiger partial charge in [0, 0.05) is 13.2 Å². The highest BCUT2D eigenvalue weighted by molar-refractivity contribution is 7.89. The standard InChI is InChI=1S/C12H19NO4S/c1-3-17-10(2)8-13-18(15,16)12-6-4-11(9-14)5-7-12/h4-7,10,13-14H,3,8-9H2,1-2H3. The molecule has 0 fully saturated rings. The van der Waals surface area contributed by atoms with Gasteiger partial charge in [-0.1, -0.05) is 12.1 Å². The van der Waals surface area contributed by atoms with Gasteiger partial charge in [-0.15, -0.1) is 0 Å². The minimum atomic E-state index is -3.51. The van der Waals surface area contributed by atoms with E-state index in [1.54, 1.807) is 19.1 Å². The van der Waals surface area contributed by atoms with E-state index in [-0.39, 0.29) is 24.2 Å². The first-order valence-electron chi connectivity index (χ1n) is 5.80. The van der Waals surface area contributed by atoms with E-state index in [1.165, 1.54) is 12.1 Å². The third kappa shape index (κ3) is 4.38. The van der Waals surface area contributed by atoms with Gasteiger partial charge in [0.2, 0.25) is 10.0 Å². The number of nitrogens with one attached hydrogen (secondary N) is 1. The van der Waals surface area contributed by atoms with Gasteiger partial charge in [-0.2, -0.15) is 0 Å². The molecule has 0 aliphatic rings. The maximum Gasteiger partial charge on any atom is 0.240 e. The fraction of sp³-hybridized carbons (Fsp3) is 0.500. The Morgan fingerprint density at radius 3 is 2.44 bits per heavy atom. The summed E-state index contributed by atoms with van der Waals surface area (Å²) in [5.41, 5.74) is 0.677. The molecule has 5 nitrogen and oxygen atoms in total. The SMILES string of the molecule is CCOC(C)CNS(=O)(=O)c1ccc(CO)cc1. The molecule has 6 heteroatoms. The molecule has 0 amide bonds. The summed E-state index contributed by atoms with van der Waals surface area (Å²) in [7, 11) is -3.51. The monoisotopic (exact) mass is 273 g/mol. The molecule has 0 heterocycles. The Balaban J connectivity index is 2.67. The van der Waals surface area contributed by atoms with Gasteiger partial charge in [-0.25, -0.2) is 13.1 Å². The van der Waals surface area contributed by atoms with Crippen LogP contribution in [-0.4, -0.2) is 32.8 Å². The molecular formula is C12H19NO4S. The number of sulfonamides is 1. The second-order valence-electron chi connectivity index (χ2n) is 3.92. The van der Waals surface area contributed by atoms with Crippen molar-refractivity contribution in [2.45, 2.75) is 31.5 Å². The van der Waals surface area contributed by atoms with Crippen LogP contribution in [0.1, 0.15) is 19.4 Å². The van der Waals surface area contributed by atoms with Crippen LogP contribution < -0.4 is 4.72 Å². The second kappa shape index (κ2) is 6.84. The quantitative estimate of drug-likeness (QED) is 0.773. The van der Waals surface area contributed by atoms with Crippen molar-refractivity contribution >= 4 is 10.0 Å². The van der Waals surface area contributed by atoms with Gasteiger partial charge in [-0.05, 0) is 31.5 Å². The molecule has 0 saturated heterocycles. The van der Waals surface area contributed by atoms with E-state index in [2.05, 4.69) is 4.72 Å². The van der Waals surface area contributed by atoms with Gasteiger partial charge in [0.1, 0.15) is 0 Å². The highest BCUT2D eigenvalue weighted by Crippen LogP contribution is 2.10. The van der Waals surface area contributed by atoms with Crippen LogP contribution in [-0.2, 0) is 21.4 Å². The van der Waals surface area contributed by atoms with Crippen LogP contribution in [0, 0.1) is 0 Å². The third-order valence-electron chi connectivity index (χ3n) is 2.43. The summed E-state index contributed by atoms with van der Waals surface area (Å²) in [6.07, 6.45) is -0.165. The second-order valence-corrected chi connectivity index (χ2v) is 5.69. The summed E-state index contributed by atoms with van der Waals surface area (Å²) in [5.74, 6) is 0. The van der Waals surface area contributed by atoms with Crippen molar-refractivity contribution in [3.63, 3.8) is 0 Å². The predicted octanol–water partition coefficient (Wildman–Crippen LogP) is 0.882. The van der Waals surface area contributed by atoms with Crippen LogP contribution in [0.15, 0.2) is 29.2 Å². The first-order chi connectivity index (χ1) is 8.49. The lowest BCUT2D eigenvalue weighted by atomic mass is 10.2. The van der Waals surface area contributed by atoms with Crippen molar-refractivity contribution in [1.82, 2.24) is 4.72 Å². The zero-order valence-corrected chi connectivity index (χ0v) is 11.4. The Kier molecular flexibility index (Phi) is 5.74. The summed E-state index contributed by atoms with van der Waals surface area (Å²) in [6.45, 7) is 4.35. The van der Waals surface area contributed by atoms with Crippen molar-refractivity contribution < 1.29 is 18.3 Å². The third-order valence-corrected chi connectivity index (χ3v) is 3.87. The molecule has 0 bridgehead atoms. The Bertz CT molecular complexity index is 455. The predicted molar refractivity (Wildman–Crippen MR) is 68.6 cm³/mol. The van der Waals surface area contributed by atoms with E-state index in [0.29, 0.717) is 12.2 Å². The Morgan fingerprint density at radius 2 is 1.94 bits per heavy atom. The molecule has 0 aliphatic carbocycles. The van der Waals surface area contributed by atoms with Gasteiger partial charge < -0.3 is 9.84 Å². The lowest BCUT2D eigenvalue weighted by Gasteiger charge is -2.13. The zero-order chi connectivity index (χ0) is 13.6. The maximum atomic E-state index is 11.9. The Labute approximate surface area is 108 Å². The molecule has 102 valence electrons. The number of hydrogen-bond donors (Lipinski definition) is 2. The molecule has 0 radical (unpaired) electrons. The Morgan fingerprint density at radius 1 is 1.33 bits per heavy atom. The smallest absolute Gasteiger partial charge is 0.240 e. The van der Waals surface area contributed by atoms with E-state index >= 15 is 0 Å². The molecule has 0 aliphatic heterocycles. The lowest BCUT2D eigenvalue weighted by Crippen LogP contribution is -2.32. The minimum absolute atomic E-state index is 0.102.